The summed E-state index contributed by atoms with van der Waals surface area (Å²) < 4.78 is 7.77. The number of hydrogen-bond donors (Lipinski definition) is 1. The number of carbonyl (C=O) groups excluding carboxylic acids is 2. The summed E-state index contributed by atoms with van der Waals surface area (Å²) in [4.78, 5) is 27.5. The third kappa shape index (κ3) is 7.30. The zero-order valence-corrected chi connectivity index (χ0v) is 18.7. The van der Waals surface area contributed by atoms with Crippen molar-refractivity contribution in [2.75, 3.05) is 6.61 Å². The molecule has 0 amide bonds. The quantitative estimate of drug-likeness (QED) is 0.302. The number of esters is 1. The van der Waals surface area contributed by atoms with E-state index in [1.807, 2.05) is 6.92 Å². The maximum atomic E-state index is 12.5. The molecule has 0 saturated heterocycles. The van der Waals surface area contributed by atoms with Crippen molar-refractivity contribution in [3.63, 3.8) is 0 Å². The van der Waals surface area contributed by atoms with Crippen LogP contribution in [0.4, 0.5) is 0 Å². The number of aromatic amines is 1. The summed E-state index contributed by atoms with van der Waals surface area (Å²) in [6, 6.07) is 1.64. The lowest BCUT2D eigenvalue weighted by atomic mass is 9.73. The Bertz CT molecular complexity index is 752. The smallest absolute Gasteiger partial charge is 0.312 e. The van der Waals surface area contributed by atoms with Gasteiger partial charge in [-0.2, -0.15) is 0 Å². The van der Waals surface area contributed by atoms with E-state index in [1.54, 1.807) is 12.3 Å². The van der Waals surface area contributed by atoms with Crippen molar-refractivity contribution >= 4 is 36.3 Å². The second-order valence-electron chi connectivity index (χ2n) is 7.99. The van der Waals surface area contributed by atoms with Gasteiger partial charge in [-0.15, -0.1) is 0 Å². The van der Waals surface area contributed by atoms with Gasteiger partial charge in [0.15, 0.2) is 4.77 Å². The van der Waals surface area contributed by atoms with Crippen molar-refractivity contribution in [3.8, 4) is 0 Å². The Morgan fingerprint density at radius 2 is 1.85 bits per heavy atom. The van der Waals surface area contributed by atoms with E-state index in [2.05, 4.69) is 32.7 Å². The van der Waals surface area contributed by atoms with Crippen molar-refractivity contribution in [3.05, 3.63) is 21.7 Å². The molecule has 0 aliphatic rings. The van der Waals surface area contributed by atoms with E-state index in [9.17, 15) is 9.59 Å². The molecule has 1 heterocycles. The molecule has 0 aliphatic heterocycles. The van der Waals surface area contributed by atoms with Crippen LogP contribution >= 0.6 is 24.4 Å². The lowest BCUT2D eigenvalue weighted by Gasteiger charge is -2.32. The summed E-state index contributed by atoms with van der Waals surface area (Å²) in [7, 11) is 0. The van der Waals surface area contributed by atoms with Gasteiger partial charge in [0.2, 0.25) is 5.91 Å². The molecule has 0 aromatic carbocycles. The Morgan fingerprint density at radius 1 is 1.19 bits per heavy atom. The van der Waals surface area contributed by atoms with Gasteiger partial charge in [-0.3, -0.25) is 14.2 Å². The molecule has 0 aliphatic carbocycles. The lowest BCUT2D eigenvalue weighted by Crippen LogP contribution is -2.36. The molecule has 27 heavy (non-hydrogen) atoms. The highest BCUT2D eigenvalue weighted by atomic mass is 32.1. The van der Waals surface area contributed by atoms with Crippen LogP contribution in [0.5, 0.6) is 0 Å². The van der Waals surface area contributed by atoms with Gasteiger partial charge in [-0.05, 0) is 62.7 Å². The first-order valence-corrected chi connectivity index (χ1v) is 10.4. The molecule has 0 fully saturated rings. The van der Waals surface area contributed by atoms with Crippen LogP contribution in [-0.2, 0) is 9.53 Å². The third-order valence-electron chi connectivity index (χ3n) is 4.93. The Hall–Kier alpha value is -1.34. The Balaban J connectivity index is 2.37. The van der Waals surface area contributed by atoms with Gasteiger partial charge in [-0.25, -0.2) is 0 Å². The number of nitrogens with one attached hydrogen (secondary N) is 1. The summed E-state index contributed by atoms with van der Waals surface area (Å²) in [6.07, 6.45) is 5.10. The van der Waals surface area contributed by atoms with E-state index in [0.29, 0.717) is 28.4 Å². The second-order valence-corrected chi connectivity index (χ2v) is 8.82. The second kappa shape index (κ2) is 10.9. The normalized spacial score (nSPS) is 13.6. The van der Waals surface area contributed by atoms with E-state index in [-0.39, 0.29) is 17.8 Å². The molecule has 0 spiro atoms. The topological polar surface area (TPSA) is 64.1 Å². The summed E-state index contributed by atoms with van der Waals surface area (Å²) in [5.74, 6) is 0.489. The van der Waals surface area contributed by atoms with Gasteiger partial charge in [0.25, 0.3) is 0 Å². The number of ether oxygens (including phenoxy) is 1. The maximum Gasteiger partial charge on any atom is 0.312 e. The van der Waals surface area contributed by atoms with Gasteiger partial charge in [-0.1, -0.05) is 39.9 Å². The molecule has 7 heteroatoms. The molecule has 0 bridgehead atoms. The van der Waals surface area contributed by atoms with Gasteiger partial charge < -0.3 is 9.72 Å². The van der Waals surface area contributed by atoms with E-state index >= 15 is 0 Å². The molecule has 152 valence electrons. The average Bonchev–Trinajstić information content (AvgIpc) is 2.56. The van der Waals surface area contributed by atoms with Crippen LogP contribution in [0.15, 0.2) is 12.3 Å². The number of unbranched alkanes of at least 4 members (excludes halogenated alkanes) is 2. The van der Waals surface area contributed by atoms with Gasteiger partial charge in [0, 0.05) is 12.6 Å². The molecular formula is C20H32N2O3S2. The molecule has 1 N–H and O–H groups in total. The molecule has 1 atom stereocenters. The largest absolute Gasteiger partial charge is 0.465 e. The Labute approximate surface area is 172 Å². The minimum Gasteiger partial charge on any atom is -0.465 e. The lowest BCUT2D eigenvalue weighted by molar-refractivity contribution is -0.159. The molecule has 0 saturated carbocycles. The van der Waals surface area contributed by atoms with Crippen molar-refractivity contribution < 1.29 is 14.3 Å². The minimum atomic E-state index is -0.450. The highest BCUT2D eigenvalue weighted by molar-refractivity contribution is 7.72. The summed E-state index contributed by atoms with van der Waals surface area (Å²) >= 11 is 10.1. The minimum absolute atomic E-state index is 0.0624. The van der Waals surface area contributed by atoms with E-state index in [0.717, 1.165) is 25.7 Å². The van der Waals surface area contributed by atoms with Gasteiger partial charge in [0.05, 0.1) is 12.0 Å². The summed E-state index contributed by atoms with van der Waals surface area (Å²) in [5, 5.41) is 0. The number of rotatable bonds is 10. The number of nitrogens with zero attached hydrogens (tertiary/aromatic N) is 1. The summed E-state index contributed by atoms with van der Waals surface area (Å²) in [6.45, 7) is 10.8. The molecule has 1 aromatic heterocycles. The average molecular weight is 413 g/mol. The molecule has 5 nitrogen and oxygen atoms in total. The van der Waals surface area contributed by atoms with Crippen LogP contribution in [-0.4, -0.2) is 28.0 Å². The van der Waals surface area contributed by atoms with Crippen molar-refractivity contribution in [2.45, 2.75) is 66.7 Å². The zero-order valence-electron chi connectivity index (χ0n) is 17.0. The van der Waals surface area contributed by atoms with Gasteiger partial charge in [0.1, 0.15) is 4.64 Å². The fourth-order valence-electron chi connectivity index (χ4n) is 3.02. The first-order valence-electron chi connectivity index (χ1n) is 9.60. The zero-order chi connectivity index (χ0) is 20.6. The van der Waals surface area contributed by atoms with E-state index in [1.165, 1.54) is 4.57 Å². The first-order chi connectivity index (χ1) is 12.6. The Morgan fingerprint density at radius 3 is 2.41 bits per heavy atom. The van der Waals surface area contributed by atoms with Crippen molar-refractivity contribution in [1.29, 1.82) is 0 Å². The van der Waals surface area contributed by atoms with E-state index in [4.69, 9.17) is 29.2 Å². The third-order valence-corrected chi connectivity index (χ3v) is 5.47. The molecule has 0 radical (unpaired) electrons. The predicted molar refractivity (Wildman–Crippen MR) is 113 cm³/mol. The standard InChI is InChI=1S/C20H32N2O3S2/c1-14(2)13-20(5,15(3)4)18(24)25-12-8-6-7-9-17(23)22-11-10-16(26)21-19(22)27/h10-11,14-15H,6-9,12-13H2,1-5H3,(H,21,26,27). The number of carbonyl (C=O) groups is 2. The van der Waals surface area contributed by atoms with Crippen LogP contribution < -0.4 is 0 Å². The molecule has 1 rings (SSSR count). The van der Waals surface area contributed by atoms with Crippen molar-refractivity contribution in [1.82, 2.24) is 9.55 Å². The fraction of sp³-hybridized carbons (Fsp3) is 0.700. The first kappa shape index (κ1) is 23.7. The van der Waals surface area contributed by atoms with Crippen LogP contribution in [0.3, 0.4) is 0 Å². The number of aromatic nitrogens is 2. The monoisotopic (exact) mass is 412 g/mol. The van der Waals surface area contributed by atoms with Gasteiger partial charge >= 0.3 is 5.97 Å². The number of H-pyrrole nitrogens is 1. The van der Waals surface area contributed by atoms with Crippen LogP contribution in [0.2, 0.25) is 0 Å². The highest BCUT2D eigenvalue weighted by Crippen LogP contribution is 2.35. The van der Waals surface area contributed by atoms with Crippen LogP contribution in [0, 0.1) is 26.7 Å². The van der Waals surface area contributed by atoms with Crippen LogP contribution in [0.1, 0.15) is 71.5 Å². The maximum absolute atomic E-state index is 12.5. The highest BCUT2D eigenvalue weighted by Gasteiger charge is 2.38. The Kier molecular flexibility index (Phi) is 9.53. The molecule has 1 aromatic rings. The SMILES string of the molecule is CC(C)CC(C)(C(=O)OCCCCCC(=O)n1ccc(=S)[nH]c1=S)C(C)C. The number of hydrogen-bond acceptors (Lipinski definition) is 5. The van der Waals surface area contributed by atoms with Crippen molar-refractivity contribution in [2.24, 2.45) is 17.3 Å². The molecule has 1 unspecified atom stereocenters. The van der Waals surface area contributed by atoms with E-state index < -0.39 is 5.41 Å². The summed E-state index contributed by atoms with van der Waals surface area (Å²) in [5.41, 5.74) is -0.450. The fourth-order valence-corrected chi connectivity index (χ4v) is 3.52. The van der Waals surface area contributed by atoms with Crippen LogP contribution in [0.25, 0.3) is 0 Å². The molecular weight excluding hydrogens is 380 g/mol. The predicted octanol–water partition coefficient (Wildman–Crippen LogP) is 5.73.